The van der Waals surface area contributed by atoms with E-state index in [0.717, 1.165) is 5.57 Å². The minimum atomic E-state index is -0.946. The fourth-order valence-corrected chi connectivity index (χ4v) is 0.759. The van der Waals surface area contributed by atoms with Crippen molar-refractivity contribution in [3.05, 3.63) is 11.6 Å². The third-order valence-corrected chi connectivity index (χ3v) is 2.38. The van der Waals surface area contributed by atoms with Crippen LogP contribution in [0, 0.1) is 0 Å². The highest BCUT2D eigenvalue weighted by Crippen LogP contribution is 2.20. The van der Waals surface area contributed by atoms with Gasteiger partial charge >= 0.3 is 0 Å². The van der Waals surface area contributed by atoms with Crippen molar-refractivity contribution < 1.29 is 9.90 Å². The number of allylic oxidation sites excluding steroid dienone is 1. The van der Waals surface area contributed by atoms with Crippen LogP contribution in [0.1, 0.15) is 41.5 Å². The van der Waals surface area contributed by atoms with Crippen molar-refractivity contribution in [1.82, 2.24) is 5.32 Å². The Kier molecular flexibility index (Phi) is 3.89. The van der Waals surface area contributed by atoms with E-state index in [-0.39, 0.29) is 5.91 Å². The van der Waals surface area contributed by atoms with Crippen LogP contribution < -0.4 is 5.32 Å². The number of hydrogen-bond acceptors (Lipinski definition) is 2. The van der Waals surface area contributed by atoms with Crippen LogP contribution in [0.4, 0.5) is 0 Å². The quantitative estimate of drug-likeness (QED) is 0.678. The molecule has 0 aromatic heterocycles. The summed E-state index contributed by atoms with van der Waals surface area (Å²) < 4.78 is 0. The summed E-state index contributed by atoms with van der Waals surface area (Å²) in [6, 6.07) is 0. The molecule has 0 aromatic carbocycles. The summed E-state index contributed by atoms with van der Waals surface area (Å²) in [7, 11) is 0. The third-order valence-electron chi connectivity index (χ3n) is 2.38. The summed E-state index contributed by atoms with van der Waals surface area (Å²) in [5.41, 5.74) is -0.650. The van der Waals surface area contributed by atoms with Crippen molar-refractivity contribution in [2.75, 3.05) is 0 Å². The number of amides is 1. The lowest BCUT2D eigenvalue weighted by molar-refractivity contribution is -0.121. The number of carbonyl (C=O) groups excluding carboxylic acids is 1. The molecule has 0 atom stereocenters. The molecule has 3 nitrogen and oxygen atoms in total. The van der Waals surface area contributed by atoms with Crippen LogP contribution in [0.15, 0.2) is 11.6 Å². The van der Waals surface area contributed by atoms with E-state index in [9.17, 15) is 9.90 Å². The van der Waals surface area contributed by atoms with E-state index in [4.69, 9.17) is 0 Å². The van der Waals surface area contributed by atoms with Crippen LogP contribution in [0.25, 0.3) is 0 Å². The zero-order chi connectivity index (χ0) is 11.6. The number of rotatable bonds is 3. The molecule has 0 unspecified atom stereocenters. The predicted molar refractivity (Wildman–Crippen MR) is 58.0 cm³/mol. The Hall–Kier alpha value is -0.830. The standard InChI is InChI=1S/C11H21NO2/c1-8(2)7-9(13)12-10(3,4)11(5,6)14/h7,14H,1-6H3,(H,12,13). The van der Waals surface area contributed by atoms with Gasteiger partial charge in [0.05, 0.1) is 11.1 Å². The zero-order valence-corrected chi connectivity index (χ0v) is 9.93. The average molecular weight is 199 g/mol. The van der Waals surface area contributed by atoms with Crippen LogP contribution in [-0.2, 0) is 4.79 Å². The molecule has 0 rings (SSSR count). The minimum absolute atomic E-state index is 0.169. The Morgan fingerprint density at radius 3 is 1.93 bits per heavy atom. The van der Waals surface area contributed by atoms with Crippen molar-refractivity contribution in [3.8, 4) is 0 Å². The lowest BCUT2D eigenvalue weighted by atomic mass is 9.86. The monoisotopic (exact) mass is 199 g/mol. The minimum Gasteiger partial charge on any atom is -0.388 e. The molecule has 82 valence electrons. The molecular weight excluding hydrogens is 178 g/mol. The molecule has 0 aromatic rings. The summed E-state index contributed by atoms with van der Waals surface area (Å²) in [5.74, 6) is -0.169. The molecular formula is C11H21NO2. The summed E-state index contributed by atoms with van der Waals surface area (Å²) in [5, 5.41) is 12.6. The van der Waals surface area contributed by atoms with Gasteiger partial charge in [0.25, 0.3) is 0 Å². The maximum absolute atomic E-state index is 11.4. The summed E-state index contributed by atoms with van der Waals surface area (Å²) >= 11 is 0. The first-order valence-corrected chi connectivity index (χ1v) is 4.76. The molecule has 0 saturated carbocycles. The largest absolute Gasteiger partial charge is 0.388 e. The molecule has 0 fully saturated rings. The Labute approximate surface area is 86.2 Å². The highest BCUT2D eigenvalue weighted by Gasteiger charge is 2.35. The van der Waals surface area contributed by atoms with Gasteiger partial charge in [-0.2, -0.15) is 0 Å². The van der Waals surface area contributed by atoms with Gasteiger partial charge in [0.15, 0.2) is 0 Å². The third kappa shape index (κ3) is 3.92. The second kappa shape index (κ2) is 4.13. The second-order valence-corrected chi connectivity index (χ2v) is 4.89. The van der Waals surface area contributed by atoms with Gasteiger partial charge in [0, 0.05) is 6.08 Å². The smallest absolute Gasteiger partial charge is 0.244 e. The fourth-order valence-electron chi connectivity index (χ4n) is 0.759. The van der Waals surface area contributed by atoms with E-state index in [0.29, 0.717) is 0 Å². The van der Waals surface area contributed by atoms with Gasteiger partial charge in [0.1, 0.15) is 0 Å². The number of nitrogens with one attached hydrogen (secondary N) is 1. The maximum atomic E-state index is 11.4. The maximum Gasteiger partial charge on any atom is 0.244 e. The molecule has 1 amide bonds. The first-order valence-electron chi connectivity index (χ1n) is 4.76. The SMILES string of the molecule is CC(C)=CC(=O)NC(C)(C)C(C)(C)O. The molecule has 0 spiro atoms. The molecule has 14 heavy (non-hydrogen) atoms. The number of carbonyl (C=O) groups is 1. The fraction of sp³-hybridized carbons (Fsp3) is 0.727. The summed E-state index contributed by atoms with van der Waals surface area (Å²) in [4.78, 5) is 11.4. The lowest BCUT2D eigenvalue weighted by Crippen LogP contribution is -2.57. The molecule has 0 radical (unpaired) electrons. The van der Waals surface area contributed by atoms with Gasteiger partial charge in [0.2, 0.25) is 5.91 Å². The van der Waals surface area contributed by atoms with Gasteiger partial charge in [-0.1, -0.05) is 5.57 Å². The first-order chi connectivity index (χ1) is 6.06. The van der Waals surface area contributed by atoms with Gasteiger partial charge in [-0.15, -0.1) is 0 Å². The molecule has 0 bridgehead atoms. The molecule has 0 heterocycles. The molecule has 2 N–H and O–H groups in total. The Morgan fingerprint density at radius 2 is 1.64 bits per heavy atom. The normalized spacial score (nSPS) is 12.2. The highest BCUT2D eigenvalue weighted by atomic mass is 16.3. The lowest BCUT2D eigenvalue weighted by Gasteiger charge is -2.37. The van der Waals surface area contributed by atoms with Crippen molar-refractivity contribution in [1.29, 1.82) is 0 Å². The van der Waals surface area contributed by atoms with Crippen molar-refractivity contribution in [2.45, 2.75) is 52.7 Å². The summed E-state index contributed by atoms with van der Waals surface area (Å²) in [6.07, 6.45) is 1.52. The van der Waals surface area contributed by atoms with Crippen molar-refractivity contribution in [2.24, 2.45) is 0 Å². The topological polar surface area (TPSA) is 49.3 Å². The molecule has 3 heteroatoms. The summed E-state index contributed by atoms with van der Waals surface area (Å²) in [6.45, 7) is 10.7. The molecule has 0 aliphatic carbocycles. The zero-order valence-electron chi connectivity index (χ0n) is 9.93. The van der Waals surface area contributed by atoms with E-state index in [1.165, 1.54) is 6.08 Å². The Bertz CT molecular complexity index is 243. The van der Waals surface area contributed by atoms with Gasteiger partial charge in [-0.3, -0.25) is 4.79 Å². The number of hydrogen-bond donors (Lipinski definition) is 2. The highest BCUT2D eigenvalue weighted by molar-refractivity contribution is 5.88. The van der Waals surface area contributed by atoms with E-state index < -0.39 is 11.1 Å². The molecule has 0 saturated heterocycles. The molecule has 0 aliphatic rings. The second-order valence-electron chi connectivity index (χ2n) is 4.89. The van der Waals surface area contributed by atoms with Crippen LogP contribution in [0.5, 0.6) is 0 Å². The van der Waals surface area contributed by atoms with E-state index >= 15 is 0 Å². The van der Waals surface area contributed by atoms with E-state index in [1.807, 2.05) is 13.8 Å². The van der Waals surface area contributed by atoms with Crippen LogP contribution in [0.3, 0.4) is 0 Å². The Morgan fingerprint density at radius 1 is 1.21 bits per heavy atom. The van der Waals surface area contributed by atoms with E-state index in [2.05, 4.69) is 5.32 Å². The number of aliphatic hydroxyl groups is 1. The van der Waals surface area contributed by atoms with Crippen LogP contribution in [0.2, 0.25) is 0 Å². The van der Waals surface area contributed by atoms with E-state index in [1.54, 1.807) is 27.7 Å². The van der Waals surface area contributed by atoms with Crippen LogP contribution >= 0.6 is 0 Å². The molecule has 0 aliphatic heterocycles. The average Bonchev–Trinajstić information content (AvgIpc) is 1.79. The van der Waals surface area contributed by atoms with Gasteiger partial charge in [-0.05, 0) is 41.5 Å². The predicted octanol–water partition coefficient (Wildman–Crippen LogP) is 1.62. The van der Waals surface area contributed by atoms with Crippen molar-refractivity contribution >= 4 is 5.91 Å². The first kappa shape index (κ1) is 13.2. The van der Waals surface area contributed by atoms with Crippen molar-refractivity contribution in [3.63, 3.8) is 0 Å². The van der Waals surface area contributed by atoms with Gasteiger partial charge < -0.3 is 10.4 Å². The Balaban J connectivity index is 4.54. The van der Waals surface area contributed by atoms with Gasteiger partial charge in [-0.25, -0.2) is 0 Å². The van der Waals surface area contributed by atoms with Crippen LogP contribution in [-0.4, -0.2) is 22.2 Å².